The number of aliphatic hydroxyl groups is 1. The number of thioether (sulfide) groups is 3. The van der Waals surface area contributed by atoms with E-state index in [-0.39, 0.29) is 159 Å². The Morgan fingerprint density at radius 3 is 1.68 bits per heavy atom. The van der Waals surface area contributed by atoms with Crippen molar-refractivity contribution < 1.29 is 97.5 Å². The summed E-state index contributed by atoms with van der Waals surface area (Å²) in [5.74, 6) is -12.7. The Hall–Kier alpha value is -8.66. The van der Waals surface area contributed by atoms with E-state index in [9.17, 15) is 97.5 Å². The fourth-order valence-electron chi connectivity index (χ4n) is 13.1. The minimum Gasteiger partial charge on any atom is -0.481 e. The van der Waals surface area contributed by atoms with Crippen LogP contribution in [0.5, 0.6) is 0 Å². The molecule has 4 aliphatic rings. The predicted molar refractivity (Wildman–Crippen MR) is 404 cm³/mol. The number of nitrogens with two attached hydrogens (primary N) is 2. The average molecular weight is 1580 g/mol. The highest BCUT2D eigenvalue weighted by Crippen LogP contribution is 2.29. The van der Waals surface area contributed by atoms with E-state index in [1.165, 1.54) is 40.2 Å². The Kier molecular flexibility index (Phi) is 37.8. The third kappa shape index (κ3) is 31.3. The molecule has 0 spiro atoms. The van der Waals surface area contributed by atoms with Crippen LogP contribution in [-0.4, -0.2) is 314 Å². The zero-order valence-electron chi connectivity index (χ0n) is 61.6. The summed E-state index contributed by atoms with van der Waals surface area (Å²) >= 11 is 3.94. The molecule has 35 nitrogen and oxygen atoms in total. The number of hydrogen-bond donors (Lipinski definition) is 14. The van der Waals surface area contributed by atoms with E-state index < -0.39 is 151 Å². The van der Waals surface area contributed by atoms with Gasteiger partial charge in [-0.25, -0.2) is 0 Å². The van der Waals surface area contributed by atoms with Crippen molar-refractivity contribution in [1.29, 1.82) is 0 Å². The van der Waals surface area contributed by atoms with E-state index in [0.717, 1.165) is 35.7 Å². The van der Waals surface area contributed by atoms with Crippen LogP contribution in [0.3, 0.4) is 0 Å². The summed E-state index contributed by atoms with van der Waals surface area (Å²) < 4.78 is 0. The summed E-state index contributed by atoms with van der Waals surface area (Å²) in [6.07, 6.45) is -0.375. The van der Waals surface area contributed by atoms with Gasteiger partial charge in [-0.3, -0.25) is 91.5 Å². The zero-order chi connectivity index (χ0) is 79.7. The maximum absolute atomic E-state index is 15.0. The van der Waals surface area contributed by atoms with Crippen LogP contribution in [0.25, 0.3) is 0 Å². The first-order valence-electron chi connectivity index (χ1n) is 36.6. The van der Waals surface area contributed by atoms with Crippen molar-refractivity contribution >= 4 is 124 Å². The molecule has 6 rings (SSSR count). The largest absolute Gasteiger partial charge is 0.481 e. The van der Waals surface area contributed by atoms with Crippen molar-refractivity contribution in [2.75, 3.05) is 115 Å². The maximum Gasteiger partial charge on any atom is 0.317 e. The van der Waals surface area contributed by atoms with Crippen molar-refractivity contribution in [3.8, 4) is 0 Å². The predicted octanol–water partition coefficient (Wildman–Crippen LogP) is -2.69. The number of hydrogen-bond acceptors (Lipinski definition) is 23. The van der Waals surface area contributed by atoms with Gasteiger partial charge in [-0.05, 0) is 67.7 Å². The molecule has 11 amide bonds. The molecule has 109 heavy (non-hydrogen) atoms. The molecule has 3 fully saturated rings. The topological polar surface area (TPSA) is 513 Å². The lowest BCUT2D eigenvalue weighted by atomic mass is 10.0. The Bertz CT molecular complexity index is 3460. The lowest BCUT2D eigenvalue weighted by molar-refractivity contribution is -0.148. The number of nitrogens with one attached hydrogen (secondary N) is 7. The summed E-state index contributed by atoms with van der Waals surface area (Å²) in [6.45, 7) is 4.22. The van der Waals surface area contributed by atoms with Crippen LogP contribution in [0.1, 0.15) is 107 Å². The quantitative estimate of drug-likeness (QED) is 0.0369. The number of nitrogens with zero attached hydrogens (tertiary/aromatic N) is 6. The van der Waals surface area contributed by atoms with Crippen LogP contribution in [0.15, 0.2) is 48.5 Å². The fourth-order valence-corrected chi connectivity index (χ4v) is 15.8. The lowest BCUT2D eigenvalue weighted by Gasteiger charge is -2.33. The van der Waals surface area contributed by atoms with E-state index in [1.54, 1.807) is 49.9 Å². The van der Waals surface area contributed by atoms with Crippen LogP contribution in [-0.2, 0) is 95.6 Å². The number of unbranched alkanes of at least 4 members (excludes halogenated alkanes) is 2. The fraction of sp³-hybridized carbons (Fsp3) is 0.620. The maximum atomic E-state index is 15.0. The molecule has 2 bridgehead atoms. The number of carbonyl (C=O) groups excluding carboxylic acids is 11. The van der Waals surface area contributed by atoms with Crippen molar-refractivity contribution in [3.63, 3.8) is 0 Å². The number of rotatable bonds is 29. The van der Waals surface area contributed by atoms with Crippen LogP contribution in [0.2, 0.25) is 0 Å². The molecule has 0 aliphatic carbocycles. The number of amides is 11. The van der Waals surface area contributed by atoms with E-state index in [4.69, 9.17) is 11.5 Å². The number of aliphatic carboxylic acids is 4. The first-order chi connectivity index (χ1) is 52.0. The van der Waals surface area contributed by atoms with Gasteiger partial charge < -0.3 is 84.0 Å². The molecule has 4 heterocycles. The van der Waals surface area contributed by atoms with E-state index in [1.807, 2.05) is 25.1 Å². The molecular formula is C71H105N15O20S3. The smallest absolute Gasteiger partial charge is 0.317 e. The van der Waals surface area contributed by atoms with Gasteiger partial charge >= 0.3 is 23.9 Å². The molecule has 602 valence electrons. The first-order valence-corrected chi connectivity index (χ1v) is 40.0. The summed E-state index contributed by atoms with van der Waals surface area (Å²) in [5, 5.41) is 68.3. The van der Waals surface area contributed by atoms with Gasteiger partial charge in [0, 0.05) is 126 Å². The van der Waals surface area contributed by atoms with Gasteiger partial charge in [-0.15, -0.1) is 0 Å². The Balaban J connectivity index is 1.33. The molecule has 3 saturated heterocycles. The van der Waals surface area contributed by atoms with Gasteiger partial charge in [0.1, 0.15) is 48.3 Å². The summed E-state index contributed by atoms with van der Waals surface area (Å²) in [6, 6.07) is 2.33. The van der Waals surface area contributed by atoms with Crippen molar-refractivity contribution in [3.05, 3.63) is 70.8 Å². The molecular weight excluding hydrogens is 1480 g/mol. The number of carboxylic acids is 4. The van der Waals surface area contributed by atoms with Crippen molar-refractivity contribution in [1.82, 2.24) is 66.6 Å². The lowest BCUT2D eigenvalue weighted by Crippen LogP contribution is -2.62. The van der Waals surface area contributed by atoms with Gasteiger partial charge in [-0.1, -0.05) is 68.3 Å². The summed E-state index contributed by atoms with van der Waals surface area (Å²) in [4.78, 5) is 212. The minimum absolute atomic E-state index is 0.0434. The van der Waals surface area contributed by atoms with Crippen LogP contribution in [0, 0.1) is 0 Å². The van der Waals surface area contributed by atoms with Crippen LogP contribution >= 0.6 is 35.3 Å². The second-order valence-corrected chi connectivity index (χ2v) is 30.7. The zero-order valence-corrected chi connectivity index (χ0v) is 64.0. The van der Waals surface area contributed by atoms with Gasteiger partial charge in [0.2, 0.25) is 65.0 Å². The molecule has 4 aliphatic heterocycles. The van der Waals surface area contributed by atoms with Gasteiger partial charge in [-0.2, -0.15) is 35.3 Å². The molecule has 9 atom stereocenters. The number of carbonyl (C=O) groups is 15. The molecule has 0 unspecified atom stereocenters. The SMILES string of the molecule is CCCCCC(=O)N[C@H]1CSCc2cc(CSCCNC(=O)CN3CCN(CC(=O)O)CCN(CC(=O)O)CCN(CC(=O)O)CC3)cc(c2)CSC[C@@H](C(=O)N[C@@H](CC(=O)O)C(N)=O)NC(=O)[C@H](Cc2ccccc2)NC(=O)[C@H](CCC(N)=O)NC(=O)[C@H]([C@@H](C)O)NC(=O)[C@@H]2CCCN2C(=O)[C@@H]2CCCN2C1=O. The molecule has 2 aromatic carbocycles. The van der Waals surface area contributed by atoms with Crippen molar-refractivity contribution in [2.24, 2.45) is 11.5 Å². The minimum atomic E-state index is -1.77. The Morgan fingerprint density at radius 1 is 0.596 bits per heavy atom. The first kappa shape index (κ1) is 89.2. The third-order valence-electron chi connectivity index (χ3n) is 18.7. The van der Waals surface area contributed by atoms with Crippen LogP contribution < -0.4 is 48.7 Å². The highest BCUT2D eigenvalue weighted by molar-refractivity contribution is 7.99. The van der Waals surface area contributed by atoms with Gasteiger partial charge in [0.25, 0.3) is 0 Å². The standard InChI is InChI=1S/C71H105N15O20S3/c1-3-4-6-15-57(89)75-53-43-109-41-48-31-46(39-107-29-18-74-58(90)35-81-21-23-82(36-60(93)94)25-27-84(38-62(97)98)28-26-83(24-22-81)37-61(95)96)30-47(32-48)40-108-42-52(67(102)77-50(64(73)99)34-59(91)92)79-66(101)51(33-45-11-7-5-8-12-45)78-65(100)49(16-17-56(72)88)76-69(104)63(44(2)87)80-68(103)54-13-9-19-85(54)71(106)55-14-10-20-86(55)70(53)105/h5,7-8,11-12,30-32,44,49-55,63,87H,3-4,6,9-10,13-29,33-43H2,1-2H3,(H2,72,88)(H2,73,99)(H,74,90)(H,75,89)(H,76,104)(H,77,102)(H,78,100)(H,79,101)(H,80,103)(H,91,92)(H,93,94)(H,95,96)(H,97,98)/t44-,49+,50+,51+,52+,53+,54+,55+,63+/m1/s1. The number of benzene rings is 2. The summed E-state index contributed by atoms with van der Waals surface area (Å²) in [7, 11) is 0. The second kappa shape index (κ2) is 46.1. The summed E-state index contributed by atoms with van der Waals surface area (Å²) in [5.41, 5.74) is 13.8. The molecule has 0 saturated carbocycles. The number of primary amides is 2. The van der Waals surface area contributed by atoms with Gasteiger partial charge in [0.05, 0.1) is 38.7 Å². The Labute approximate surface area is 645 Å². The molecule has 2 aromatic rings. The second-order valence-electron chi connectivity index (χ2n) is 27.5. The Morgan fingerprint density at radius 2 is 1.14 bits per heavy atom. The monoisotopic (exact) mass is 1580 g/mol. The van der Waals surface area contributed by atoms with E-state index >= 15 is 0 Å². The third-order valence-corrected chi connectivity index (χ3v) is 21.9. The molecule has 0 radical (unpaired) electrons. The highest BCUT2D eigenvalue weighted by atomic mass is 32.2. The van der Waals surface area contributed by atoms with Gasteiger partial charge in [0.15, 0.2) is 0 Å². The molecule has 16 N–H and O–H groups in total. The van der Waals surface area contributed by atoms with E-state index in [2.05, 4.69) is 37.2 Å². The molecule has 38 heteroatoms. The average Bonchev–Trinajstić information content (AvgIpc) is 1.67. The number of aliphatic hydroxyl groups excluding tert-OH is 1. The molecule has 0 aromatic heterocycles. The normalized spacial score (nSPS) is 22.7. The van der Waals surface area contributed by atoms with Crippen molar-refractivity contribution in [2.45, 2.75) is 163 Å². The highest BCUT2D eigenvalue weighted by Gasteiger charge is 2.45. The number of carboxylic acid groups (broad SMARTS) is 4. The number of fused-ring (bicyclic) bond motifs is 4. The van der Waals surface area contributed by atoms with Crippen LogP contribution in [0.4, 0.5) is 0 Å². The van der Waals surface area contributed by atoms with E-state index in [0.29, 0.717) is 41.9 Å².